The summed E-state index contributed by atoms with van der Waals surface area (Å²) in [6.45, 7) is 8.24. The van der Waals surface area contributed by atoms with Crippen molar-refractivity contribution in [2.75, 3.05) is 19.9 Å². The van der Waals surface area contributed by atoms with Gasteiger partial charge >= 0.3 is 0 Å². The molecule has 0 bridgehead atoms. The average molecular weight is 355 g/mol. The summed E-state index contributed by atoms with van der Waals surface area (Å²) < 4.78 is 17.1. The summed E-state index contributed by atoms with van der Waals surface area (Å²) in [5, 5.41) is 1.99. The van der Waals surface area contributed by atoms with Crippen molar-refractivity contribution in [3.63, 3.8) is 0 Å². The van der Waals surface area contributed by atoms with Crippen molar-refractivity contribution >= 4 is 0 Å². The molecule has 26 heavy (non-hydrogen) atoms. The minimum Gasteiger partial charge on any atom is -0.487 e. The highest BCUT2D eigenvalue weighted by molar-refractivity contribution is 5.46. The highest BCUT2D eigenvalue weighted by Gasteiger charge is 2.38. The first-order valence-electron chi connectivity index (χ1n) is 9.14. The zero-order valence-electron chi connectivity index (χ0n) is 15.5. The first kappa shape index (κ1) is 17.0. The Bertz CT molecular complexity index is 789. The fraction of sp³-hybridized carbons (Fsp3) is 0.429. The van der Waals surface area contributed by atoms with E-state index in [1.165, 1.54) is 5.56 Å². The standard InChI is InChI=1S/C21H25NO4/c1-4-22(26-17-9-10-19-20(12-17)24-14-23-19)13-16-11-15-7-5-6-8-18(15)25-21(16,2)3/h5-10,12,16H,4,11,13-14H2,1-3H3. The molecule has 4 rings (SSSR count). The molecule has 5 heteroatoms. The van der Waals surface area contributed by atoms with E-state index in [0.717, 1.165) is 42.5 Å². The molecule has 0 fully saturated rings. The summed E-state index contributed by atoms with van der Waals surface area (Å²) in [5.74, 6) is 3.57. The predicted octanol–water partition coefficient (Wildman–Crippen LogP) is 4.06. The van der Waals surface area contributed by atoms with Crippen LogP contribution in [0.1, 0.15) is 26.3 Å². The molecular formula is C21H25NO4. The number of benzene rings is 2. The lowest BCUT2D eigenvalue weighted by atomic mass is 9.82. The van der Waals surface area contributed by atoms with Crippen LogP contribution < -0.4 is 19.0 Å². The molecule has 0 saturated carbocycles. The van der Waals surface area contributed by atoms with Crippen LogP contribution in [0, 0.1) is 5.92 Å². The third kappa shape index (κ3) is 3.31. The van der Waals surface area contributed by atoms with Gasteiger partial charge in [-0.3, -0.25) is 0 Å². The second-order valence-electron chi connectivity index (χ2n) is 7.30. The van der Waals surface area contributed by atoms with E-state index >= 15 is 0 Å². The van der Waals surface area contributed by atoms with Gasteiger partial charge in [-0.25, -0.2) is 0 Å². The maximum Gasteiger partial charge on any atom is 0.231 e. The quantitative estimate of drug-likeness (QED) is 0.757. The van der Waals surface area contributed by atoms with E-state index in [9.17, 15) is 0 Å². The van der Waals surface area contributed by atoms with Crippen molar-refractivity contribution in [3.8, 4) is 23.0 Å². The molecule has 1 unspecified atom stereocenters. The number of rotatable bonds is 5. The van der Waals surface area contributed by atoms with Crippen LogP contribution in [-0.4, -0.2) is 30.5 Å². The third-order valence-electron chi connectivity index (χ3n) is 5.15. The second-order valence-corrected chi connectivity index (χ2v) is 7.30. The highest BCUT2D eigenvalue weighted by atomic mass is 16.7. The molecule has 2 heterocycles. The normalized spacial score (nSPS) is 19.8. The highest BCUT2D eigenvalue weighted by Crippen LogP contribution is 2.38. The summed E-state index contributed by atoms with van der Waals surface area (Å²) in [4.78, 5) is 6.12. The van der Waals surface area contributed by atoms with Crippen LogP contribution in [0.4, 0.5) is 0 Å². The van der Waals surface area contributed by atoms with Crippen LogP contribution in [0.2, 0.25) is 0 Å². The van der Waals surface area contributed by atoms with E-state index in [1.807, 2.05) is 35.4 Å². The summed E-state index contributed by atoms with van der Waals surface area (Å²) >= 11 is 0. The Morgan fingerprint density at radius 3 is 2.73 bits per heavy atom. The summed E-state index contributed by atoms with van der Waals surface area (Å²) in [6, 6.07) is 14.0. The minimum atomic E-state index is -0.250. The lowest BCUT2D eigenvalue weighted by Gasteiger charge is -2.41. The van der Waals surface area contributed by atoms with Gasteiger partial charge in [0.25, 0.3) is 0 Å². The molecule has 0 aromatic heterocycles. The van der Waals surface area contributed by atoms with E-state index in [4.69, 9.17) is 19.0 Å². The van der Waals surface area contributed by atoms with Gasteiger partial charge in [0.2, 0.25) is 6.79 Å². The van der Waals surface area contributed by atoms with Gasteiger partial charge in [-0.1, -0.05) is 18.2 Å². The maximum atomic E-state index is 6.27. The van der Waals surface area contributed by atoms with Crippen molar-refractivity contribution in [2.45, 2.75) is 32.8 Å². The number of fused-ring (bicyclic) bond motifs is 2. The van der Waals surface area contributed by atoms with E-state index < -0.39 is 0 Å². The number of para-hydroxylation sites is 1. The third-order valence-corrected chi connectivity index (χ3v) is 5.15. The van der Waals surface area contributed by atoms with Gasteiger partial charge < -0.3 is 19.0 Å². The predicted molar refractivity (Wildman–Crippen MR) is 98.8 cm³/mol. The van der Waals surface area contributed by atoms with E-state index in [0.29, 0.717) is 5.92 Å². The molecule has 2 aliphatic heterocycles. The molecule has 5 nitrogen and oxygen atoms in total. The maximum absolute atomic E-state index is 6.27. The molecule has 0 aliphatic carbocycles. The second kappa shape index (κ2) is 6.72. The molecule has 0 N–H and O–H groups in total. The van der Waals surface area contributed by atoms with Crippen molar-refractivity contribution in [1.29, 1.82) is 0 Å². The van der Waals surface area contributed by atoms with Crippen molar-refractivity contribution in [3.05, 3.63) is 48.0 Å². The number of hydrogen-bond acceptors (Lipinski definition) is 5. The fourth-order valence-electron chi connectivity index (χ4n) is 3.49. The van der Waals surface area contributed by atoms with Gasteiger partial charge in [0.1, 0.15) is 11.4 Å². The SMILES string of the molecule is CCN(CC1Cc2ccccc2OC1(C)C)Oc1ccc2c(c1)OCO2. The topological polar surface area (TPSA) is 40.2 Å². The van der Waals surface area contributed by atoms with Gasteiger partial charge in [0, 0.05) is 25.1 Å². The lowest BCUT2D eigenvalue weighted by molar-refractivity contribution is -0.0938. The number of nitrogens with zero attached hydrogens (tertiary/aromatic N) is 1. The van der Waals surface area contributed by atoms with Crippen molar-refractivity contribution in [2.24, 2.45) is 5.92 Å². The minimum absolute atomic E-state index is 0.250. The van der Waals surface area contributed by atoms with Crippen LogP contribution >= 0.6 is 0 Å². The van der Waals surface area contributed by atoms with E-state index in [1.54, 1.807) is 0 Å². The van der Waals surface area contributed by atoms with Crippen LogP contribution in [-0.2, 0) is 6.42 Å². The zero-order chi connectivity index (χ0) is 18.1. The molecule has 2 aromatic rings. The summed E-state index contributed by atoms with van der Waals surface area (Å²) in [7, 11) is 0. The summed E-state index contributed by atoms with van der Waals surface area (Å²) in [5.41, 5.74) is 1.01. The molecule has 0 saturated heterocycles. The Morgan fingerprint density at radius 1 is 1.08 bits per heavy atom. The molecule has 2 aliphatic rings. The van der Waals surface area contributed by atoms with Gasteiger partial charge in [-0.15, -0.1) is 5.06 Å². The van der Waals surface area contributed by atoms with Crippen LogP contribution in [0.3, 0.4) is 0 Å². The summed E-state index contributed by atoms with van der Waals surface area (Å²) in [6.07, 6.45) is 0.976. The largest absolute Gasteiger partial charge is 0.487 e. The first-order valence-corrected chi connectivity index (χ1v) is 9.14. The van der Waals surface area contributed by atoms with Gasteiger partial charge in [0.15, 0.2) is 17.2 Å². The van der Waals surface area contributed by atoms with Gasteiger partial charge in [-0.2, -0.15) is 0 Å². The van der Waals surface area contributed by atoms with E-state index in [2.05, 4.69) is 32.9 Å². The molecular weight excluding hydrogens is 330 g/mol. The average Bonchev–Trinajstić information content (AvgIpc) is 3.09. The Balaban J connectivity index is 1.48. The zero-order valence-corrected chi connectivity index (χ0v) is 15.5. The molecule has 2 aromatic carbocycles. The molecule has 0 amide bonds. The lowest BCUT2D eigenvalue weighted by Crippen LogP contribution is -2.48. The monoisotopic (exact) mass is 355 g/mol. The Labute approximate surface area is 154 Å². The number of hydrogen-bond donors (Lipinski definition) is 0. The molecule has 1 atom stereocenters. The molecule has 0 radical (unpaired) electrons. The number of hydroxylamine groups is 2. The van der Waals surface area contributed by atoms with E-state index in [-0.39, 0.29) is 12.4 Å². The van der Waals surface area contributed by atoms with Crippen LogP contribution in [0.15, 0.2) is 42.5 Å². The van der Waals surface area contributed by atoms with Crippen molar-refractivity contribution in [1.82, 2.24) is 5.06 Å². The Kier molecular flexibility index (Phi) is 4.41. The molecule has 138 valence electrons. The van der Waals surface area contributed by atoms with Crippen LogP contribution in [0.5, 0.6) is 23.0 Å². The first-order chi connectivity index (χ1) is 12.5. The Morgan fingerprint density at radius 2 is 1.88 bits per heavy atom. The number of ether oxygens (including phenoxy) is 3. The molecule has 0 spiro atoms. The van der Waals surface area contributed by atoms with Crippen LogP contribution in [0.25, 0.3) is 0 Å². The van der Waals surface area contributed by atoms with Gasteiger partial charge in [-0.05, 0) is 51.0 Å². The van der Waals surface area contributed by atoms with Crippen molar-refractivity contribution < 1.29 is 19.0 Å². The van der Waals surface area contributed by atoms with Gasteiger partial charge in [0.05, 0.1) is 0 Å². The Hall–Kier alpha value is -2.40. The fourth-order valence-corrected chi connectivity index (χ4v) is 3.49. The smallest absolute Gasteiger partial charge is 0.231 e.